The van der Waals surface area contributed by atoms with Gasteiger partial charge in [-0.25, -0.2) is 4.79 Å². The summed E-state index contributed by atoms with van der Waals surface area (Å²) in [5, 5.41) is 12.0. The van der Waals surface area contributed by atoms with Gasteiger partial charge in [-0.15, -0.1) is 0 Å². The van der Waals surface area contributed by atoms with Crippen molar-refractivity contribution in [3.05, 3.63) is 41.5 Å². The van der Waals surface area contributed by atoms with Gasteiger partial charge in [0.05, 0.1) is 39.7 Å². The maximum Gasteiger partial charge on any atom is 0.337 e. The van der Waals surface area contributed by atoms with Crippen LogP contribution in [0.4, 0.5) is 5.69 Å². The Morgan fingerprint density at radius 2 is 1.35 bits per heavy atom. The second-order valence-electron chi connectivity index (χ2n) is 5.08. The molecule has 0 aliphatic carbocycles. The van der Waals surface area contributed by atoms with E-state index in [2.05, 4.69) is 5.32 Å². The molecule has 8 heteroatoms. The number of methoxy groups -OCH3 is 4. The van der Waals surface area contributed by atoms with Crippen molar-refractivity contribution in [1.82, 2.24) is 0 Å². The molecule has 0 saturated carbocycles. The van der Waals surface area contributed by atoms with Gasteiger partial charge in [-0.3, -0.25) is 4.79 Å². The van der Waals surface area contributed by atoms with Crippen molar-refractivity contribution in [1.29, 1.82) is 0 Å². The van der Waals surface area contributed by atoms with Crippen molar-refractivity contribution in [2.24, 2.45) is 0 Å². The maximum atomic E-state index is 12.5. The summed E-state index contributed by atoms with van der Waals surface area (Å²) in [4.78, 5) is 24.0. The van der Waals surface area contributed by atoms with E-state index in [-0.39, 0.29) is 22.6 Å². The number of carbonyl (C=O) groups excluding carboxylic acids is 1. The average molecular weight is 361 g/mol. The van der Waals surface area contributed by atoms with Gasteiger partial charge in [-0.05, 0) is 18.2 Å². The molecule has 0 aliphatic rings. The molecule has 0 atom stereocenters. The standard InChI is InChI=1S/C18H19NO7/c1-23-13-6-5-10(7-14(13)24-2)17(20)19-12-9-16(26-4)15(25-3)8-11(12)18(21)22/h5-9H,1-4H3,(H,19,20)(H,21,22). The van der Waals surface area contributed by atoms with E-state index in [1.54, 1.807) is 6.07 Å². The Kier molecular flexibility index (Phi) is 5.90. The minimum Gasteiger partial charge on any atom is -0.493 e. The van der Waals surface area contributed by atoms with Gasteiger partial charge >= 0.3 is 5.97 Å². The van der Waals surface area contributed by atoms with Crippen LogP contribution in [0.5, 0.6) is 23.0 Å². The van der Waals surface area contributed by atoms with E-state index in [1.807, 2.05) is 0 Å². The van der Waals surface area contributed by atoms with Crippen molar-refractivity contribution in [3.8, 4) is 23.0 Å². The lowest BCUT2D eigenvalue weighted by Crippen LogP contribution is -2.15. The number of carboxylic acid groups (broad SMARTS) is 1. The molecule has 26 heavy (non-hydrogen) atoms. The molecule has 0 radical (unpaired) electrons. The van der Waals surface area contributed by atoms with Gasteiger partial charge in [0.2, 0.25) is 0 Å². The van der Waals surface area contributed by atoms with Crippen LogP contribution in [0.3, 0.4) is 0 Å². The van der Waals surface area contributed by atoms with Crippen LogP contribution in [-0.4, -0.2) is 45.4 Å². The molecule has 138 valence electrons. The third-order valence-corrected chi connectivity index (χ3v) is 3.65. The van der Waals surface area contributed by atoms with Crippen LogP contribution in [0.15, 0.2) is 30.3 Å². The van der Waals surface area contributed by atoms with E-state index in [4.69, 9.17) is 18.9 Å². The second-order valence-corrected chi connectivity index (χ2v) is 5.08. The lowest BCUT2D eigenvalue weighted by atomic mass is 10.1. The Morgan fingerprint density at radius 1 is 0.808 bits per heavy atom. The number of carbonyl (C=O) groups is 2. The molecule has 0 aliphatic heterocycles. The number of aromatic carboxylic acids is 1. The summed E-state index contributed by atoms with van der Waals surface area (Å²) in [7, 11) is 5.75. The van der Waals surface area contributed by atoms with Gasteiger partial charge in [-0.2, -0.15) is 0 Å². The molecule has 0 fully saturated rings. The van der Waals surface area contributed by atoms with Gasteiger partial charge in [-0.1, -0.05) is 0 Å². The molecule has 0 bridgehead atoms. The van der Waals surface area contributed by atoms with Crippen LogP contribution in [0.2, 0.25) is 0 Å². The SMILES string of the molecule is COc1ccc(C(=O)Nc2cc(OC)c(OC)cc2C(=O)O)cc1OC. The normalized spacial score (nSPS) is 10.0. The Bertz CT molecular complexity index is 833. The average Bonchev–Trinajstić information content (AvgIpc) is 2.66. The Balaban J connectivity index is 2.41. The van der Waals surface area contributed by atoms with Gasteiger partial charge in [0.1, 0.15) is 0 Å². The van der Waals surface area contributed by atoms with Gasteiger partial charge < -0.3 is 29.4 Å². The van der Waals surface area contributed by atoms with Crippen molar-refractivity contribution in [2.75, 3.05) is 33.8 Å². The van der Waals surface area contributed by atoms with E-state index < -0.39 is 11.9 Å². The molecule has 2 aromatic rings. The zero-order valence-electron chi connectivity index (χ0n) is 14.8. The smallest absolute Gasteiger partial charge is 0.337 e. The summed E-state index contributed by atoms with van der Waals surface area (Å²) in [6.45, 7) is 0. The van der Waals surface area contributed by atoms with Crippen molar-refractivity contribution in [3.63, 3.8) is 0 Å². The largest absolute Gasteiger partial charge is 0.493 e. The summed E-state index contributed by atoms with van der Waals surface area (Å²) in [6, 6.07) is 7.29. The summed E-state index contributed by atoms with van der Waals surface area (Å²) >= 11 is 0. The number of amides is 1. The van der Waals surface area contributed by atoms with Crippen LogP contribution in [-0.2, 0) is 0 Å². The molecule has 0 spiro atoms. The van der Waals surface area contributed by atoms with Crippen molar-refractivity contribution in [2.45, 2.75) is 0 Å². The molecular formula is C18H19NO7. The Morgan fingerprint density at radius 3 is 1.88 bits per heavy atom. The highest BCUT2D eigenvalue weighted by Gasteiger charge is 2.19. The molecule has 0 heterocycles. The van der Waals surface area contributed by atoms with Crippen LogP contribution in [0, 0.1) is 0 Å². The van der Waals surface area contributed by atoms with Crippen molar-refractivity contribution >= 4 is 17.6 Å². The molecule has 0 aromatic heterocycles. The van der Waals surface area contributed by atoms with Crippen molar-refractivity contribution < 1.29 is 33.6 Å². The minimum absolute atomic E-state index is 0.0786. The van der Waals surface area contributed by atoms with Crippen LogP contribution < -0.4 is 24.3 Å². The first kappa shape index (κ1) is 18.9. The third kappa shape index (κ3) is 3.80. The lowest BCUT2D eigenvalue weighted by molar-refractivity contribution is 0.0697. The first-order valence-electron chi connectivity index (χ1n) is 7.47. The molecular weight excluding hydrogens is 342 g/mol. The lowest BCUT2D eigenvalue weighted by Gasteiger charge is -2.14. The number of ether oxygens (including phenoxy) is 4. The van der Waals surface area contributed by atoms with E-state index in [1.165, 1.54) is 52.7 Å². The number of rotatable bonds is 7. The maximum absolute atomic E-state index is 12.5. The predicted octanol–water partition coefficient (Wildman–Crippen LogP) is 2.67. The highest BCUT2D eigenvalue weighted by atomic mass is 16.5. The first-order valence-corrected chi connectivity index (χ1v) is 7.47. The van der Waals surface area contributed by atoms with Crippen LogP contribution in [0.1, 0.15) is 20.7 Å². The van der Waals surface area contributed by atoms with E-state index in [0.717, 1.165) is 0 Å². The predicted molar refractivity (Wildman–Crippen MR) is 94.0 cm³/mol. The topological polar surface area (TPSA) is 103 Å². The molecule has 0 saturated heterocycles. The fourth-order valence-electron chi connectivity index (χ4n) is 2.33. The molecule has 0 unspecified atom stereocenters. The summed E-state index contributed by atoms with van der Waals surface area (Å²) in [5.41, 5.74) is 0.222. The van der Waals surface area contributed by atoms with Gasteiger partial charge in [0.15, 0.2) is 23.0 Å². The molecule has 2 rings (SSSR count). The zero-order valence-corrected chi connectivity index (χ0v) is 14.8. The second kappa shape index (κ2) is 8.11. The number of nitrogens with one attached hydrogen (secondary N) is 1. The summed E-state index contributed by atoms with van der Waals surface area (Å²) in [5.74, 6) is -0.337. The van der Waals surface area contributed by atoms with E-state index >= 15 is 0 Å². The summed E-state index contributed by atoms with van der Waals surface area (Å²) in [6.07, 6.45) is 0. The first-order chi connectivity index (χ1) is 12.4. The number of carboxylic acids is 1. The van der Waals surface area contributed by atoms with E-state index in [0.29, 0.717) is 17.2 Å². The van der Waals surface area contributed by atoms with Crippen LogP contribution in [0.25, 0.3) is 0 Å². The fourth-order valence-corrected chi connectivity index (χ4v) is 2.33. The number of hydrogen-bond donors (Lipinski definition) is 2. The van der Waals surface area contributed by atoms with E-state index in [9.17, 15) is 14.7 Å². The van der Waals surface area contributed by atoms with Gasteiger partial charge in [0, 0.05) is 17.7 Å². The molecule has 8 nitrogen and oxygen atoms in total. The number of anilines is 1. The monoisotopic (exact) mass is 361 g/mol. The molecule has 2 N–H and O–H groups in total. The Hall–Kier alpha value is -3.42. The fraction of sp³-hybridized carbons (Fsp3) is 0.222. The number of hydrogen-bond acceptors (Lipinski definition) is 6. The molecule has 2 aromatic carbocycles. The third-order valence-electron chi connectivity index (χ3n) is 3.65. The van der Waals surface area contributed by atoms with Gasteiger partial charge in [0.25, 0.3) is 5.91 Å². The quantitative estimate of drug-likeness (QED) is 0.781. The number of benzene rings is 2. The highest BCUT2D eigenvalue weighted by molar-refractivity contribution is 6.08. The Labute approximate surface area is 150 Å². The zero-order chi connectivity index (χ0) is 19.3. The highest BCUT2D eigenvalue weighted by Crippen LogP contribution is 2.34. The molecule has 1 amide bonds. The minimum atomic E-state index is -1.21. The van der Waals surface area contributed by atoms with Crippen LogP contribution >= 0.6 is 0 Å². The summed E-state index contributed by atoms with van der Waals surface area (Å²) < 4.78 is 20.6.